The van der Waals surface area contributed by atoms with E-state index in [1.807, 2.05) is 12.1 Å². The predicted molar refractivity (Wildman–Crippen MR) is 134 cm³/mol. The molecule has 6 rings (SSSR count). The van der Waals surface area contributed by atoms with E-state index in [-0.39, 0.29) is 11.7 Å². The average Bonchev–Trinajstić information content (AvgIpc) is 2.84. The Labute approximate surface area is 194 Å². The van der Waals surface area contributed by atoms with Gasteiger partial charge in [-0.15, -0.1) is 0 Å². The van der Waals surface area contributed by atoms with E-state index in [1.54, 1.807) is 12.1 Å². The van der Waals surface area contributed by atoms with E-state index in [9.17, 15) is 4.39 Å². The lowest BCUT2D eigenvalue weighted by Gasteiger charge is -2.29. The minimum Gasteiger partial charge on any atom is -0.207 e. The third-order valence-electron chi connectivity index (χ3n) is 7.47. The Hall–Kier alpha value is -3.45. The molecule has 4 aromatic rings. The zero-order valence-corrected chi connectivity index (χ0v) is 19.1. The Morgan fingerprint density at radius 3 is 2.27 bits per heavy atom. The smallest absolute Gasteiger partial charge is 0.123 e. The second-order valence-electron chi connectivity index (χ2n) is 9.56. The van der Waals surface area contributed by atoms with Crippen LogP contribution in [0.2, 0.25) is 0 Å². The predicted octanol–water partition coefficient (Wildman–Crippen LogP) is 6.13. The summed E-state index contributed by atoms with van der Waals surface area (Å²) >= 11 is 0. The second-order valence-corrected chi connectivity index (χ2v) is 9.56. The van der Waals surface area contributed by atoms with E-state index in [1.165, 1.54) is 48.7 Å². The largest absolute Gasteiger partial charge is 0.207 e. The van der Waals surface area contributed by atoms with Gasteiger partial charge in [-0.25, -0.2) is 4.39 Å². The molecule has 0 spiro atoms. The summed E-state index contributed by atoms with van der Waals surface area (Å²) in [5.41, 5.74) is 8.07. The highest BCUT2D eigenvalue weighted by Gasteiger charge is 2.26. The Bertz CT molecular complexity index is 1570. The van der Waals surface area contributed by atoms with Crippen molar-refractivity contribution in [3.05, 3.63) is 139 Å². The summed E-state index contributed by atoms with van der Waals surface area (Å²) in [6.07, 6.45) is 4.59. The van der Waals surface area contributed by atoms with E-state index in [4.69, 9.17) is 0 Å². The van der Waals surface area contributed by atoms with Crippen LogP contribution < -0.4 is 10.4 Å². The maximum Gasteiger partial charge on any atom is 0.123 e. The van der Waals surface area contributed by atoms with Crippen molar-refractivity contribution in [2.45, 2.75) is 32.6 Å². The highest BCUT2D eigenvalue weighted by Crippen LogP contribution is 2.35. The molecule has 33 heavy (non-hydrogen) atoms. The number of hydrogen-bond acceptors (Lipinski definition) is 0. The summed E-state index contributed by atoms with van der Waals surface area (Å²) in [6.45, 7) is 4.50. The summed E-state index contributed by atoms with van der Waals surface area (Å²) in [5.74, 6) is 0.453. The molecule has 0 bridgehead atoms. The molecule has 0 fully saturated rings. The van der Waals surface area contributed by atoms with Crippen LogP contribution in [0.25, 0.3) is 11.6 Å². The molecule has 0 saturated heterocycles. The first-order valence-corrected chi connectivity index (χ1v) is 11.9. The van der Waals surface area contributed by atoms with E-state index in [0.717, 1.165) is 18.4 Å². The molecule has 0 aliphatic heterocycles. The van der Waals surface area contributed by atoms with Crippen molar-refractivity contribution in [3.63, 3.8) is 0 Å². The topological polar surface area (TPSA) is 0 Å². The highest BCUT2D eigenvalue weighted by atomic mass is 19.1. The van der Waals surface area contributed by atoms with Gasteiger partial charge in [0.05, 0.1) is 0 Å². The summed E-state index contributed by atoms with van der Waals surface area (Å²) in [5, 5.41) is 5.26. The van der Waals surface area contributed by atoms with Crippen LogP contribution in [0.15, 0.2) is 84.9 Å². The number of halogens is 1. The van der Waals surface area contributed by atoms with Crippen LogP contribution in [0.5, 0.6) is 0 Å². The molecule has 0 radical (unpaired) electrons. The Morgan fingerprint density at radius 2 is 1.48 bits per heavy atom. The SMILES string of the molecule is Cc1ccc(C2=c3ccc4c(c3CCC2C)C(c2ccc(F)cc2)C=c2ccccc2=4)cc1. The van der Waals surface area contributed by atoms with Crippen molar-refractivity contribution in [3.8, 4) is 0 Å². The van der Waals surface area contributed by atoms with Crippen molar-refractivity contribution < 1.29 is 4.39 Å². The molecule has 0 amide bonds. The molecule has 0 N–H and O–H groups in total. The van der Waals surface area contributed by atoms with Gasteiger partial charge in [-0.2, -0.15) is 0 Å². The van der Waals surface area contributed by atoms with E-state index < -0.39 is 0 Å². The molecule has 2 aliphatic rings. The minimum atomic E-state index is -0.186. The fourth-order valence-electron chi connectivity index (χ4n) is 5.80. The normalized spacial score (nSPS) is 18.7. The molecule has 2 aliphatic carbocycles. The maximum atomic E-state index is 13.8. The third-order valence-corrected chi connectivity index (χ3v) is 7.47. The first-order chi connectivity index (χ1) is 16.1. The van der Waals surface area contributed by atoms with Gasteiger partial charge in [0.15, 0.2) is 0 Å². The Morgan fingerprint density at radius 1 is 0.758 bits per heavy atom. The van der Waals surface area contributed by atoms with Gasteiger partial charge in [0, 0.05) is 5.92 Å². The molecule has 0 saturated carbocycles. The second kappa shape index (κ2) is 7.85. The first-order valence-electron chi connectivity index (χ1n) is 11.9. The number of benzene rings is 4. The lowest BCUT2D eigenvalue weighted by molar-refractivity contribution is 0.626. The Balaban J connectivity index is 1.73. The van der Waals surface area contributed by atoms with Crippen molar-refractivity contribution >= 4 is 11.6 Å². The van der Waals surface area contributed by atoms with Crippen molar-refractivity contribution in [1.29, 1.82) is 0 Å². The number of rotatable bonds is 2. The van der Waals surface area contributed by atoms with Crippen LogP contribution in [0, 0.1) is 29.1 Å². The average molecular weight is 431 g/mol. The van der Waals surface area contributed by atoms with Crippen LogP contribution >= 0.6 is 0 Å². The summed E-state index contributed by atoms with van der Waals surface area (Å²) in [7, 11) is 0. The van der Waals surface area contributed by atoms with Gasteiger partial charge in [-0.3, -0.25) is 0 Å². The van der Waals surface area contributed by atoms with Gasteiger partial charge in [0.1, 0.15) is 5.82 Å². The van der Waals surface area contributed by atoms with E-state index in [0.29, 0.717) is 5.92 Å². The van der Waals surface area contributed by atoms with Gasteiger partial charge in [0.2, 0.25) is 0 Å². The van der Waals surface area contributed by atoms with E-state index >= 15 is 0 Å². The molecule has 1 heteroatoms. The Kier molecular flexibility index (Phi) is 4.80. The fourth-order valence-corrected chi connectivity index (χ4v) is 5.80. The lowest BCUT2D eigenvalue weighted by Crippen LogP contribution is -2.28. The fraction of sp³-hybridized carbons (Fsp3) is 0.188. The van der Waals surface area contributed by atoms with Crippen LogP contribution in [0.3, 0.4) is 0 Å². The van der Waals surface area contributed by atoms with E-state index in [2.05, 4.69) is 80.6 Å². The molecule has 4 aromatic carbocycles. The molecule has 2 atom stereocenters. The highest BCUT2D eigenvalue weighted by molar-refractivity contribution is 5.70. The molecule has 0 nitrogen and oxygen atoms in total. The van der Waals surface area contributed by atoms with Crippen molar-refractivity contribution in [2.75, 3.05) is 0 Å². The van der Waals surface area contributed by atoms with Crippen LogP contribution in [-0.2, 0) is 6.42 Å². The summed E-state index contributed by atoms with van der Waals surface area (Å²) < 4.78 is 13.8. The van der Waals surface area contributed by atoms with Gasteiger partial charge in [-0.05, 0) is 86.5 Å². The molecular weight excluding hydrogens is 403 g/mol. The molecule has 162 valence electrons. The van der Waals surface area contributed by atoms with Gasteiger partial charge in [-0.1, -0.05) is 91.4 Å². The molecular formula is C32H27F. The van der Waals surface area contributed by atoms with Crippen LogP contribution in [0.1, 0.15) is 47.1 Å². The van der Waals surface area contributed by atoms with Gasteiger partial charge in [0.25, 0.3) is 0 Å². The van der Waals surface area contributed by atoms with Crippen molar-refractivity contribution in [2.24, 2.45) is 5.92 Å². The number of aryl methyl sites for hydroxylation is 1. The maximum absolute atomic E-state index is 13.8. The van der Waals surface area contributed by atoms with Crippen molar-refractivity contribution in [1.82, 2.24) is 0 Å². The van der Waals surface area contributed by atoms with Gasteiger partial charge >= 0.3 is 0 Å². The standard InChI is InChI=1S/C32H27F/c1-20-7-10-23(11-8-20)31-21(2)9-16-29-28(31)18-17-27-26-6-4-3-5-24(26)19-30(32(27)29)22-12-14-25(33)15-13-22/h3-8,10-15,17-19,21,30H,9,16H2,1-2H3. The zero-order chi connectivity index (χ0) is 22.5. The number of fused-ring (bicyclic) bond motifs is 4. The molecule has 0 heterocycles. The first kappa shape index (κ1) is 20.2. The van der Waals surface area contributed by atoms with Gasteiger partial charge < -0.3 is 0 Å². The summed E-state index contributed by atoms with van der Waals surface area (Å²) in [6, 6.07) is 29.4. The molecule has 2 unspecified atom stereocenters. The minimum absolute atomic E-state index is 0.123. The molecule has 0 aromatic heterocycles. The monoisotopic (exact) mass is 430 g/mol. The summed E-state index contributed by atoms with van der Waals surface area (Å²) in [4.78, 5) is 0. The van der Waals surface area contributed by atoms with Crippen LogP contribution in [0.4, 0.5) is 4.39 Å². The number of hydrogen-bond donors (Lipinski definition) is 0. The zero-order valence-electron chi connectivity index (χ0n) is 19.1. The third kappa shape index (κ3) is 3.35. The van der Waals surface area contributed by atoms with Crippen LogP contribution in [-0.4, -0.2) is 0 Å². The lowest BCUT2D eigenvalue weighted by atomic mass is 9.75. The quantitative estimate of drug-likeness (QED) is 0.359.